The molecule has 0 radical (unpaired) electrons. The first-order chi connectivity index (χ1) is 9.43. The Labute approximate surface area is 125 Å². The summed E-state index contributed by atoms with van der Waals surface area (Å²) in [7, 11) is 0. The maximum atomic E-state index is 10.6. The second-order valence-corrected chi connectivity index (χ2v) is 5.91. The summed E-state index contributed by atoms with van der Waals surface area (Å²) >= 11 is 6.24. The van der Waals surface area contributed by atoms with E-state index < -0.39 is 6.10 Å². The third-order valence-electron chi connectivity index (χ3n) is 4.19. The van der Waals surface area contributed by atoms with Gasteiger partial charge in [0.05, 0.1) is 6.10 Å². The molecular formula is C15H23ClN2O2. The predicted molar refractivity (Wildman–Crippen MR) is 81.5 cm³/mol. The fourth-order valence-electron chi connectivity index (χ4n) is 2.86. The SMILES string of the molecule is Cc1cc(O)c(C(O)C(C)N2CCNCC2)c(C)c1Cl. The highest BCUT2D eigenvalue weighted by Gasteiger charge is 2.28. The van der Waals surface area contributed by atoms with Crippen molar-refractivity contribution >= 4 is 11.6 Å². The smallest absolute Gasteiger partial charge is 0.122 e. The maximum absolute atomic E-state index is 10.6. The molecule has 1 aromatic carbocycles. The van der Waals surface area contributed by atoms with Crippen molar-refractivity contribution in [1.29, 1.82) is 0 Å². The van der Waals surface area contributed by atoms with Gasteiger partial charge in [-0.1, -0.05) is 11.6 Å². The van der Waals surface area contributed by atoms with Gasteiger partial charge >= 0.3 is 0 Å². The van der Waals surface area contributed by atoms with Crippen LogP contribution in [0.2, 0.25) is 5.02 Å². The second kappa shape index (κ2) is 6.31. The van der Waals surface area contributed by atoms with Crippen LogP contribution in [0, 0.1) is 13.8 Å². The molecule has 0 aliphatic carbocycles. The predicted octanol–water partition coefficient (Wildman–Crippen LogP) is 1.99. The maximum Gasteiger partial charge on any atom is 0.122 e. The molecule has 0 spiro atoms. The van der Waals surface area contributed by atoms with Crippen LogP contribution in [0.1, 0.15) is 29.7 Å². The van der Waals surface area contributed by atoms with Gasteiger partial charge in [0.25, 0.3) is 0 Å². The fraction of sp³-hybridized carbons (Fsp3) is 0.600. The molecule has 2 rings (SSSR count). The van der Waals surface area contributed by atoms with Crippen LogP contribution in [0.5, 0.6) is 5.75 Å². The average molecular weight is 299 g/mol. The number of aliphatic hydroxyl groups is 1. The minimum atomic E-state index is -0.744. The number of phenolic OH excluding ortho intramolecular Hbond substituents is 1. The Hall–Kier alpha value is -0.810. The van der Waals surface area contributed by atoms with Gasteiger partial charge in [0.2, 0.25) is 0 Å². The van der Waals surface area contributed by atoms with E-state index in [1.165, 1.54) is 0 Å². The number of phenols is 1. The van der Waals surface area contributed by atoms with Crippen molar-refractivity contribution in [2.45, 2.75) is 32.9 Å². The van der Waals surface area contributed by atoms with E-state index in [1.54, 1.807) is 6.07 Å². The van der Waals surface area contributed by atoms with Gasteiger partial charge in [-0.25, -0.2) is 0 Å². The van der Waals surface area contributed by atoms with Gasteiger partial charge in [0, 0.05) is 42.8 Å². The number of piperazine rings is 1. The molecule has 1 saturated heterocycles. The van der Waals surface area contributed by atoms with E-state index in [9.17, 15) is 10.2 Å². The molecular weight excluding hydrogens is 276 g/mol. The number of aryl methyl sites for hydroxylation is 1. The highest BCUT2D eigenvalue weighted by Crippen LogP contribution is 2.37. The zero-order valence-corrected chi connectivity index (χ0v) is 13.0. The summed E-state index contributed by atoms with van der Waals surface area (Å²) in [4.78, 5) is 2.23. The first kappa shape index (κ1) is 15.6. The van der Waals surface area contributed by atoms with Crippen molar-refractivity contribution in [2.75, 3.05) is 26.2 Å². The normalized spacial score (nSPS) is 19.9. The summed E-state index contributed by atoms with van der Waals surface area (Å²) < 4.78 is 0. The zero-order valence-electron chi connectivity index (χ0n) is 12.3. The highest BCUT2D eigenvalue weighted by atomic mass is 35.5. The highest BCUT2D eigenvalue weighted by molar-refractivity contribution is 6.32. The molecule has 3 N–H and O–H groups in total. The van der Waals surface area contributed by atoms with E-state index in [0.29, 0.717) is 10.6 Å². The van der Waals surface area contributed by atoms with Crippen LogP contribution in [0.3, 0.4) is 0 Å². The number of aliphatic hydroxyl groups excluding tert-OH is 1. The van der Waals surface area contributed by atoms with Crippen molar-refractivity contribution in [3.63, 3.8) is 0 Å². The van der Waals surface area contributed by atoms with Crippen molar-refractivity contribution in [3.05, 3.63) is 27.8 Å². The van der Waals surface area contributed by atoms with Crippen LogP contribution in [0.15, 0.2) is 6.07 Å². The Balaban J connectivity index is 2.28. The third kappa shape index (κ3) is 2.93. The molecule has 1 fully saturated rings. The lowest BCUT2D eigenvalue weighted by Gasteiger charge is -2.36. The summed E-state index contributed by atoms with van der Waals surface area (Å²) in [6.45, 7) is 9.34. The molecule has 0 bridgehead atoms. The summed E-state index contributed by atoms with van der Waals surface area (Å²) in [6, 6.07) is 1.57. The van der Waals surface area contributed by atoms with Crippen LogP contribution in [0.4, 0.5) is 0 Å². The van der Waals surface area contributed by atoms with E-state index >= 15 is 0 Å². The lowest BCUT2D eigenvalue weighted by Crippen LogP contribution is -2.49. The van der Waals surface area contributed by atoms with Crippen molar-refractivity contribution in [2.24, 2.45) is 0 Å². The third-order valence-corrected chi connectivity index (χ3v) is 4.77. The van der Waals surface area contributed by atoms with Crippen LogP contribution < -0.4 is 5.32 Å². The van der Waals surface area contributed by atoms with Gasteiger partial charge in [-0.05, 0) is 38.0 Å². The Kier molecular flexibility index (Phi) is 4.91. The molecule has 1 aliphatic heterocycles. The molecule has 2 atom stereocenters. The number of hydrogen-bond donors (Lipinski definition) is 3. The van der Waals surface area contributed by atoms with Crippen LogP contribution in [-0.2, 0) is 0 Å². The summed E-state index contributed by atoms with van der Waals surface area (Å²) in [6.07, 6.45) is -0.744. The van der Waals surface area contributed by atoms with Gasteiger partial charge in [-0.15, -0.1) is 0 Å². The standard InChI is InChI=1S/C15H23ClN2O2/c1-9-8-12(19)13(10(2)14(9)16)15(20)11(3)18-6-4-17-5-7-18/h8,11,15,17,19-20H,4-7H2,1-3H3. The van der Waals surface area contributed by atoms with Crippen LogP contribution in [0.25, 0.3) is 0 Å². The lowest BCUT2D eigenvalue weighted by atomic mass is 9.94. The molecule has 5 heteroatoms. The molecule has 0 saturated carbocycles. The van der Waals surface area contributed by atoms with Gasteiger partial charge in [0.15, 0.2) is 0 Å². The van der Waals surface area contributed by atoms with Gasteiger partial charge in [-0.3, -0.25) is 4.90 Å². The van der Waals surface area contributed by atoms with E-state index in [2.05, 4.69) is 10.2 Å². The van der Waals surface area contributed by atoms with Crippen molar-refractivity contribution in [3.8, 4) is 5.75 Å². The molecule has 1 heterocycles. The second-order valence-electron chi connectivity index (χ2n) is 5.54. The van der Waals surface area contributed by atoms with Crippen molar-refractivity contribution < 1.29 is 10.2 Å². The molecule has 2 unspecified atom stereocenters. The summed E-state index contributed by atoms with van der Waals surface area (Å²) in [5.41, 5.74) is 2.14. The van der Waals surface area contributed by atoms with Crippen LogP contribution >= 0.6 is 11.6 Å². The van der Waals surface area contributed by atoms with E-state index in [4.69, 9.17) is 11.6 Å². The molecule has 0 aromatic heterocycles. The Morgan fingerprint density at radius 3 is 2.50 bits per heavy atom. The molecule has 4 nitrogen and oxygen atoms in total. The van der Waals surface area contributed by atoms with Gasteiger partial charge in [0.1, 0.15) is 5.75 Å². The summed E-state index contributed by atoms with van der Waals surface area (Å²) in [5, 5.41) is 24.7. The fourth-order valence-corrected chi connectivity index (χ4v) is 3.01. The first-order valence-electron chi connectivity index (χ1n) is 7.05. The number of hydrogen-bond acceptors (Lipinski definition) is 4. The minimum absolute atomic E-state index is 0.0551. The minimum Gasteiger partial charge on any atom is -0.508 e. The Morgan fingerprint density at radius 1 is 1.30 bits per heavy atom. The van der Waals surface area contributed by atoms with Crippen molar-refractivity contribution in [1.82, 2.24) is 10.2 Å². The number of nitrogens with one attached hydrogen (secondary N) is 1. The molecule has 0 amide bonds. The number of rotatable bonds is 3. The molecule has 112 valence electrons. The van der Waals surface area contributed by atoms with E-state index in [-0.39, 0.29) is 11.8 Å². The Morgan fingerprint density at radius 2 is 1.90 bits per heavy atom. The largest absolute Gasteiger partial charge is 0.508 e. The number of benzene rings is 1. The lowest BCUT2D eigenvalue weighted by molar-refractivity contribution is 0.0491. The molecule has 20 heavy (non-hydrogen) atoms. The van der Waals surface area contributed by atoms with Crippen LogP contribution in [-0.4, -0.2) is 47.3 Å². The summed E-state index contributed by atoms with van der Waals surface area (Å²) in [5.74, 6) is 0.124. The number of halogens is 1. The van der Waals surface area contributed by atoms with E-state index in [1.807, 2.05) is 20.8 Å². The van der Waals surface area contributed by atoms with E-state index in [0.717, 1.165) is 37.3 Å². The Bertz CT molecular complexity index is 487. The monoisotopic (exact) mass is 298 g/mol. The number of nitrogens with zero attached hydrogens (tertiary/aromatic N) is 1. The zero-order chi connectivity index (χ0) is 14.9. The quantitative estimate of drug-likeness (QED) is 0.799. The molecule has 1 aromatic rings. The molecule has 1 aliphatic rings. The number of aromatic hydroxyl groups is 1. The van der Waals surface area contributed by atoms with Gasteiger partial charge < -0.3 is 15.5 Å². The average Bonchev–Trinajstić information content (AvgIpc) is 2.45. The first-order valence-corrected chi connectivity index (χ1v) is 7.42. The van der Waals surface area contributed by atoms with Gasteiger partial charge in [-0.2, -0.15) is 0 Å². The topological polar surface area (TPSA) is 55.7 Å².